The Morgan fingerprint density at radius 3 is 2.67 bits per heavy atom. The predicted molar refractivity (Wildman–Crippen MR) is 59.0 cm³/mol. The number of rotatable bonds is 0. The van der Waals surface area contributed by atoms with Crippen LogP contribution in [-0.2, 0) is 13.5 Å². The average Bonchev–Trinajstić information content (AvgIpc) is 2.80. The maximum absolute atomic E-state index is 12.4. The van der Waals surface area contributed by atoms with E-state index in [1.54, 1.807) is 0 Å². The minimum Gasteiger partial charge on any atom is -0.356 e. The zero-order valence-electron chi connectivity index (χ0n) is 9.25. The van der Waals surface area contributed by atoms with Gasteiger partial charge in [-0.1, -0.05) is 12.8 Å². The van der Waals surface area contributed by atoms with Crippen molar-refractivity contribution >= 4 is 5.78 Å². The lowest BCUT2D eigenvalue weighted by molar-refractivity contribution is 0.0766. The van der Waals surface area contributed by atoms with Crippen molar-refractivity contribution in [3.63, 3.8) is 0 Å². The monoisotopic (exact) mass is 203 g/mol. The minimum atomic E-state index is 0.0361. The van der Waals surface area contributed by atoms with Crippen LogP contribution in [0.4, 0.5) is 0 Å². The first-order valence-corrected chi connectivity index (χ1v) is 5.91. The molecule has 2 aliphatic carbocycles. The molecule has 0 amide bonds. The van der Waals surface area contributed by atoms with Crippen LogP contribution in [0.5, 0.6) is 0 Å². The van der Waals surface area contributed by atoms with Gasteiger partial charge in [-0.25, -0.2) is 0 Å². The van der Waals surface area contributed by atoms with Crippen LogP contribution in [0.2, 0.25) is 0 Å². The van der Waals surface area contributed by atoms with Gasteiger partial charge in [-0.05, 0) is 31.2 Å². The van der Waals surface area contributed by atoms with E-state index in [2.05, 4.69) is 6.20 Å². The fraction of sp³-hybridized carbons (Fsp3) is 0.615. The van der Waals surface area contributed by atoms with Gasteiger partial charge in [0.15, 0.2) is 5.78 Å². The van der Waals surface area contributed by atoms with Gasteiger partial charge < -0.3 is 4.57 Å². The molecule has 0 radical (unpaired) electrons. The highest BCUT2D eigenvalue weighted by atomic mass is 16.1. The molecule has 0 N–H and O–H groups in total. The van der Waals surface area contributed by atoms with Crippen molar-refractivity contribution < 1.29 is 4.79 Å². The van der Waals surface area contributed by atoms with Crippen molar-refractivity contribution in [2.24, 2.45) is 12.5 Å². The Balaban J connectivity index is 2.05. The second kappa shape index (κ2) is 2.97. The Labute approximate surface area is 90.3 Å². The van der Waals surface area contributed by atoms with Crippen molar-refractivity contribution in [2.75, 3.05) is 0 Å². The zero-order chi connectivity index (χ0) is 10.5. The summed E-state index contributed by atoms with van der Waals surface area (Å²) >= 11 is 0. The van der Waals surface area contributed by atoms with Gasteiger partial charge in [0.2, 0.25) is 0 Å². The maximum atomic E-state index is 12.4. The number of hydrogen-bond acceptors (Lipinski definition) is 1. The molecule has 80 valence electrons. The Bertz CT molecular complexity index is 410. The van der Waals surface area contributed by atoms with Crippen LogP contribution in [0.15, 0.2) is 12.4 Å². The molecule has 15 heavy (non-hydrogen) atoms. The van der Waals surface area contributed by atoms with Gasteiger partial charge in [-0.15, -0.1) is 0 Å². The number of aromatic nitrogens is 1. The molecule has 0 atom stereocenters. The Morgan fingerprint density at radius 2 is 1.93 bits per heavy atom. The topological polar surface area (TPSA) is 22.0 Å². The van der Waals surface area contributed by atoms with Gasteiger partial charge in [0.05, 0.1) is 0 Å². The number of fused-ring (bicyclic) bond motifs is 1. The summed E-state index contributed by atoms with van der Waals surface area (Å²) in [5.41, 5.74) is 2.31. The van der Waals surface area contributed by atoms with E-state index >= 15 is 0 Å². The highest BCUT2D eigenvalue weighted by Gasteiger charge is 2.44. The maximum Gasteiger partial charge on any atom is 0.170 e. The molecule has 1 aromatic rings. The molecular weight excluding hydrogens is 186 g/mol. The highest BCUT2D eigenvalue weighted by molar-refractivity contribution is 6.02. The normalized spacial score (nSPS) is 23.4. The van der Waals surface area contributed by atoms with Gasteiger partial charge in [-0.2, -0.15) is 0 Å². The quantitative estimate of drug-likeness (QED) is 0.635. The second-order valence-electron chi connectivity index (χ2n) is 5.18. The number of Topliss-reactive ketones (excluding diaryl/α,β-unsaturated/α-hetero) is 1. The third-order valence-electron chi connectivity index (χ3n) is 4.20. The summed E-state index contributed by atoms with van der Waals surface area (Å²) in [5.74, 6) is 0.432. The van der Waals surface area contributed by atoms with E-state index in [9.17, 15) is 4.79 Å². The molecule has 1 heterocycles. The molecule has 0 aliphatic heterocycles. The van der Waals surface area contributed by atoms with Crippen molar-refractivity contribution in [1.82, 2.24) is 4.57 Å². The molecule has 1 fully saturated rings. The molecule has 1 spiro atoms. The second-order valence-corrected chi connectivity index (χ2v) is 5.18. The number of aryl methyl sites for hydroxylation is 2. The first kappa shape index (κ1) is 9.20. The lowest BCUT2D eigenvalue weighted by Gasteiger charge is -2.31. The van der Waals surface area contributed by atoms with Crippen LogP contribution in [0.3, 0.4) is 0 Å². The Kier molecular flexibility index (Phi) is 1.82. The molecule has 0 aromatic carbocycles. The number of carbonyl (C=O) groups is 1. The number of nitrogens with zero attached hydrogens (tertiary/aromatic N) is 1. The van der Waals surface area contributed by atoms with E-state index in [4.69, 9.17) is 0 Å². The fourth-order valence-corrected chi connectivity index (χ4v) is 3.34. The molecule has 3 rings (SSSR count). The van der Waals surface area contributed by atoms with E-state index in [-0.39, 0.29) is 5.41 Å². The number of carbonyl (C=O) groups excluding carboxylic acids is 1. The van der Waals surface area contributed by atoms with Crippen molar-refractivity contribution in [2.45, 2.75) is 38.5 Å². The molecule has 0 unspecified atom stereocenters. The molecule has 1 saturated carbocycles. The van der Waals surface area contributed by atoms with Crippen molar-refractivity contribution in [1.29, 1.82) is 0 Å². The van der Waals surface area contributed by atoms with E-state index in [1.807, 2.05) is 17.8 Å². The van der Waals surface area contributed by atoms with Gasteiger partial charge in [0, 0.05) is 30.4 Å². The standard InChI is InChI=1S/C13H17NO/c1-14-8-10-4-7-13(5-2-3-6-13)12(15)11(10)9-14/h8-9H,2-7H2,1H3. The van der Waals surface area contributed by atoms with Gasteiger partial charge in [-0.3, -0.25) is 4.79 Å². The van der Waals surface area contributed by atoms with Crippen LogP contribution in [0.1, 0.15) is 48.0 Å². The summed E-state index contributed by atoms with van der Waals surface area (Å²) in [6, 6.07) is 0. The minimum absolute atomic E-state index is 0.0361. The zero-order valence-corrected chi connectivity index (χ0v) is 9.25. The van der Waals surface area contributed by atoms with Crippen molar-refractivity contribution in [3.05, 3.63) is 23.5 Å². The number of ketones is 1. The van der Waals surface area contributed by atoms with Crippen LogP contribution in [0, 0.1) is 5.41 Å². The largest absolute Gasteiger partial charge is 0.356 e. The molecule has 2 aliphatic rings. The average molecular weight is 203 g/mol. The summed E-state index contributed by atoms with van der Waals surface area (Å²) < 4.78 is 2.02. The lowest BCUT2D eigenvalue weighted by atomic mass is 9.70. The SMILES string of the molecule is Cn1cc2c(c1)C(=O)C1(CCCC1)CC2. The lowest BCUT2D eigenvalue weighted by Crippen LogP contribution is -2.32. The molecular formula is C13H17NO. The van der Waals surface area contributed by atoms with Crippen molar-refractivity contribution in [3.8, 4) is 0 Å². The summed E-state index contributed by atoms with van der Waals surface area (Å²) in [6.07, 6.45) is 11.0. The third kappa shape index (κ3) is 1.20. The Hall–Kier alpha value is -1.05. The number of hydrogen-bond donors (Lipinski definition) is 0. The third-order valence-corrected chi connectivity index (χ3v) is 4.20. The summed E-state index contributed by atoms with van der Waals surface area (Å²) in [6.45, 7) is 0. The van der Waals surface area contributed by atoms with Crippen LogP contribution < -0.4 is 0 Å². The van der Waals surface area contributed by atoms with E-state index in [0.29, 0.717) is 5.78 Å². The molecule has 1 aromatic heterocycles. The van der Waals surface area contributed by atoms with Crippen LogP contribution in [0.25, 0.3) is 0 Å². The molecule has 2 nitrogen and oxygen atoms in total. The van der Waals surface area contributed by atoms with Crippen LogP contribution in [-0.4, -0.2) is 10.4 Å². The summed E-state index contributed by atoms with van der Waals surface area (Å²) in [4.78, 5) is 12.4. The van der Waals surface area contributed by atoms with Crippen LogP contribution >= 0.6 is 0 Å². The van der Waals surface area contributed by atoms with Gasteiger partial charge in [0.25, 0.3) is 0 Å². The van der Waals surface area contributed by atoms with Gasteiger partial charge >= 0.3 is 0 Å². The molecule has 0 saturated heterocycles. The molecule has 2 heteroatoms. The fourth-order valence-electron chi connectivity index (χ4n) is 3.34. The smallest absolute Gasteiger partial charge is 0.170 e. The first-order valence-electron chi connectivity index (χ1n) is 5.91. The highest BCUT2D eigenvalue weighted by Crippen LogP contribution is 2.47. The van der Waals surface area contributed by atoms with E-state index < -0.39 is 0 Å². The van der Waals surface area contributed by atoms with E-state index in [0.717, 1.165) is 31.2 Å². The summed E-state index contributed by atoms with van der Waals surface area (Å²) in [7, 11) is 2.01. The summed E-state index contributed by atoms with van der Waals surface area (Å²) in [5, 5.41) is 0. The van der Waals surface area contributed by atoms with E-state index in [1.165, 1.54) is 18.4 Å². The first-order chi connectivity index (χ1) is 7.21. The Morgan fingerprint density at radius 1 is 1.20 bits per heavy atom. The van der Waals surface area contributed by atoms with Gasteiger partial charge in [0.1, 0.15) is 0 Å². The molecule has 0 bridgehead atoms. The predicted octanol–water partition coefficient (Wildman–Crippen LogP) is 2.71.